The van der Waals surface area contributed by atoms with Gasteiger partial charge in [-0.2, -0.15) is 10.4 Å². The first-order valence-electron chi connectivity index (χ1n) is 8.41. The fourth-order valence-corrected chi connectivity index (χ4v) is 3.02. The van der Waals surface area contributed by atoms with Crippen LogP contribution in [0.4, 0.5) is 0 Å². The van der Waals surface area contributed by atoms with Crippen LogP contribution >= 0.6 is 11.6 Å². The molecule has 0 aliphatic carbocycles. The molecule has 3 rings (SSSR count). The predicted octanol–water partition coefficient (Wildman–Crippen LogP) is 2.94. The second-order valence-electron chi connectivity index (χ2n) is 6.43. The van der Waals surface area contributed by atoms with Crippen LogP contribution in [0.25, 0.3) is 11.3 Å². The van der Waals surface area contributed by atoms with Gasteiger partial charge in [0.25, 0.3) is 5.91 Å². The highest BCUT2D eigenvalue weighted by Crippen LogP contribution is 2.29. The molecule has 0 aliphatic rings. The summed E-state index contributed by atoms with van der Waals surface area (Å²) in [6, 6.07) is 7.37. The lowest BCUT2D eigenvalue weighted by atomic mass is 10.0. The number of benzene rings is 1. The summed E-state index contributed by atoms with van der Waals surface area (Å²) in [5, 5.41) is 17.0. The molecule has 8 heteroatoms. The Morgan fingerprint density at radius 2 is 2.19 bits per heavy atom. The fourth-order valence-electron chi connectivity index (χ4n) is 2.81. The molecule has 0 radical (unpaired) electrons. The molecule has 1 atom stereocenters. The Bertz CT molecular complexity index is 1030. The molecule has 7 nitrogen and oxygen atoms in total. The number of amides is 1. The molecule has 1 amide bonds. The summed E-state index contributed by atoms with van der Waals surface area (Å²) >= 11 is 6.24. The van der Waals surface area contributed by atoms with Gasteiger partial charge in [-0.1, -0.05) is 17.7 Å². The van der Waals surface area contributed by atoms with E-state index in [2.05, 4.69) is 21.5 Å². The van der Waals surface area contributed by atoms with E-state index < -0.39 is 0 Å². The SMILES string of the molecule is Cc1c(-c2ccn(CC(C)NC(=O)c3cn(C)cn3)n2)ccc(C#N)c1Cl. The van der Waals surface area contributed by atoms with Crippen molar-refractivity contribution in [1.29, 1.82) is 5.26 Å². The molecular weight excluding hydrogens is 364 g/mol. The second-order valence-corrected chi connectivity index (χ2v) is 6.81. The van der Waals surface area contributed by atoms with Crippen LogP contribution in [0.3, 0.4) is 0 Å². The first kappa shape index (κ1) is 18.7. The minimum atomic E-state index is -0.217. The summed E-state index contributed by atoms with van der Waals surface area (Å²) < 4.78 is 3.49. The van der Waals surface area contributed by atoms with Gasteiger partial charge in [0.05, 0.1) is 29.2 Å². The zero-order chi connectivity index (χ0) is 19.6. The Hall–Kier alpha value is -3.11. The third-order valence-corrected chi connectivity index (χ3v) is 4.69. The van der Waals surface area contributed by atoms with Crippen molar-refractivity contribution in [2.24, 2.45) is 7.05 Å². The first-order valence-corrected chi connectivity index (χ1v) is 8.78. The number of rotatable bonds is 5. The van der Waals surface area contributed by atoms with Crippen LogP contribution < -0.4 is 5.32 Å². The molecule has 1 aromatic carbocycles. The van der Waals surface area contributed by atoms with Gasteiger partial charge < -0.3 is 9.88 Å². The second kappa shape index (κ2) is 7.64. The molecule has 27 heavy (non-hydrogen) atoms. The maximum atomic E-state index is 12.2. The lowest BCUT2D eigenvalue weighted by Crippen LogP contribution is -2.36. The highest BCUT2D eigenvalue weighted by Gasteiger charge is 2.15. The van der Waals surface area contributed by atoms with Crippen molar-refractivity contribution in [2.45, 2.75) is 26.4 Å². The van der Waals surface area contributed by atoms with E-state index in [9.17, 15) is 4.79 Å². The van der Waals surface area contributed by atoms with E-state index in [0.717, 1.165) is 16.8 Å². The van der Waals surface area contributed by atoms with E-state index >= 15 is 0 Å². The summed E-state index contributed by atoms with van der Waals surface area (Å²) in [4.78, 5) is 16.2. The van der Waals surface area contributed by atoms with Crippen LogP contribution in [0, 0.1) is 18.3 Å². The van der Waals surface area contributed by atoms with Crippen molar-refractivity contribution >= 4 is 17.5 Å². The molecule has 0 spiro atoms. The number of carbonyl (C=O) groups is 1. The largest absolute Gasteiger partial charge is 0.346 e. The van der Waals surface area contributed by atoms with E-state index in [-0.39, 0.29) is 11.9 Å². The van der Waals surface area contributed by atoms with Gasteiger partial charge in [0.2, 0.25) is 0 Å². The maximum absolute atomic E-state index is 12.2. The van der Waals surface area contributed by atoms with E-state index in [1.54, 1.807) is 27.8 Å². The number of imidazole rings is 1. The quantitative estimate of drug-likeness (QED) is 0.734. The number of nitrogens with zero attached hydrogens (tertiary/aromatic N) is 5. The van der Waals surface area contributed by atoms with Crippen LogP contribution in [0.2, 0.25) is 5.02 Å². The molecule has 0 aliphatic heterocycles. The van der Waals surface area contributed by atoms with Crippen molar-refractivity contribution in [2.75, 3.05) is 0 Å². The third kappa shape index (κ3) is 4.01. The third-order valence-electron chi connectivity index (χ3n) is 4.20. The number of halogens is 1. The van der Waals surface area contributed by atoms with Gasteiger partial charge in [-0.3, -0.25) is 9.48 Å². The summed E-state index contributed by atoms with van der Waals surface area (Å²) in [6.45, 7) is 4.29. The van der Waals surface area contributed by atoms with Crippen LogP contribution in [0.5, 0.6) is 0 Å². The average Bonchev–Trinajstić information content (AvgIpc) is 3.26. The van der Waals surface area contributed by atoms with Crippen LogP contribution in [0.1, 0.15) is 28.5 Å². The number of aryl methyl sites for hydroxylation is 1. The van der Waals surface area contributed by atoms with Crippen LogP contribution in [-0.4, -0.2) is 31.3 Å². The molecule has 2 aromatic heterocycles. The average molecular weight is 383 g/mol. The molecule has 138 valence electrons. The minimum absolute atomic E-state index is 0.127. The fraction of sp³-hybridized carbons (Fsp3) is 0.263. The lowest BCUT2D eigenvalue weighted by molar-refractivity contribution is 0.0931. The van der Waals surface area contributed by atoms with E-state index in [4.69, 9.17) is 16.9 Å². The number of nitriles is 1. The van der Waals surface area contributed by atoms with Gasteiger partial charge >= 0.3 is 0 Å². The van der Waals surface area contributed by atoms with Gasteiger partial charge in [0, 0.05) is 31.0 Å². The summed E-state index contributed by atoms with van der Waals surface area (Å²) in [7, 11) is 1.82. The van der Waals surface area contributed by atoms with Crippen molar-refractivity contribution in [3.8, 4) is 17.3 Å². The molecule has 1 unspecified atom stereocenters. The van der Waals surface area contributed by atoms with E-state index in [1.807, 2.05) is 39.2 Å². The van der Waals surface area contributed by atoms with Crippen LogP contribution in [0.15, 0.2) is 36.9 Å². The molecule has 0 fully saturated rings. The van der Waals surface area contributed by atoms with Gasteiger partial charge in [-0.25, -0.2) is 4.98 Å². The Kier molecular flexibility index (Phi) is 5.28. The normalized spacial score (nSPS) is 11.8. The number of hydrogen-bond donors (Lipinski definition) is 1. The monoisotopic (exact) mass is 382 g/mol. The Balaban J connectivity index is 1.70. The Morgan fingerprint density at radius 3 is 2.85 bits per heavy atom. The summed E-state index contributed by atoms with van der Waals surface area (Å²) in [6.07, 6.45) is 5.11. The molecule has 2 heterocycles. The van der Waals surface area contributed by atoms with E-state index in [1.165, 1.54) is 0 Å². The van der Waals surface area contributed by atoms with E-state index in [0.29, 0.717) is 22.8 Å². The highest BCUT2D eigenvalue weighted by atomic mass is 35.5. The zero-order valence-corrected chi connectivity index (χ0v) is 16.0. The number of nitrogens with one attached hydrogen (secondary N) is 1. The number of aromatic nitrogens is 4. The molecular formula is C19H19ClN6O. The van der Waals surface area contributed by atoms with Gasteiger partial charge in [0.15, 0.2) is 0 Å². The number of hydrogen-bond acceptors (Lipinski definition) is 4. The smallest absolute Gasteiger partial charge is 0.271 e. The maximum Gasteiger partial charge on any atom is 0.271 e. The van der Waals surface area contributed by atoms with Gasteiger partial charge in [-0.05, 0) is 31.5 Å². The molecule has 0 saturated carbocycles. The Morgan fingerprint density at radius 1 is 1.41 bits per heavy atom. The first-order chi connectivity index (χ1) is 12.9. The van der Waals surface area contributed by atoms with Crippen molar-refractivity contribution < 1.29 is 4.79 Å². The molecule has 0 bridgehead atoms. The highest BCUT2D eigenvalue weighted by molar-refractivity contribution is 6.32. The predicted molar refractivity (Wildman–Crippen MR) is 102 cm³/mol. The van der Waals surface area contributed by atoms with Crippen LogP contribution in [-0.2, 0) is 13.6 Å². The van der Waals surface area contributed by atoms with Crippen molar-refractivity contribution in [3.63, 3.8) is 0 Å². The summed E-state index contributed by atoms with van der Waals surface area (Å²) in [5.41, 5.74) is 3.29. The Labute approximate surface area is 162 Å². The number of carbonyl (C=O) groups excluding carboxylic acids is 1. The van der Waals surface area contributed by atoms with Gasteiger partial charge in [0.1, 0.15) is 11.8 Å². The van der Waals surface area contributed by atoms with Crippen molar-refractivity contribution in [1.82, 2.24) is 24.6 Å². The lowest BCUT2D eigenvalue weighted by Gasteiger charge is -2.13. The molecule has 3 aromatic rings. The summed E-state index contributed by atoms with van der Waals surface area (Å²) in [5.74, 6) is -0.217. The van der Waals surface area contributed by atoms with Gasteiger partial charge in [-0.15, -0.1) is 0 Å². The molecule has 1 N–H and O–H groups in total. The minimum Gasteiger partial charge on any atom is -0.346 e. The van der Waals surface area contributed by atoms with Crippen molar-refractivity contribution in [3.05, 3.63) is 58.8 Å². The topological polar surface area (TPSA) is 88.5 Å². The standard InChI is InChI=1S/C19H19ClN6O/c1-12(23-19(27)17-10-25(3)11-22-17)9-26-7-6-16(24-26)15-5-4-14(8-21)18(20)13(15)2/h4-7,10-12H,9H2,1-3H3,(H,23,27). The zero-order valence-electron chi connectivity index (χ0n) is 15.3. The molecule has 0 saturated heterocycles.